The van der Waals surface area contributed by atoms with Gasteiger partial charge in [-0.25, -0.2) is 4.39 Å². The number of carbonyl (C=O) groups excluding carboxylic acids is 2. The van der Waals surface area contributed by atoms with E-state index in [4.69, 9.17) is 5.73 Å². The molecule has 1 aromatic carbocycles. The average Bonchev–Trinajstić information content (AvgIpc) is 2.42. The van der Waals surface area contributed by atoms with Crippen molar-refractivity contribution in [2.45, 2.75) is 44.9 Å². The van der Waals surface area contributed by atoms with Gasteiger partial charge < -0.3 is 5.73 Å². The van der Waals surface area contributed by atoms with Gasteiger partial charge in [-0.2, -0.15) is 0 Å². The summed E-state index contributed by atoms with van der Waals surface area (Å²) in [5.41, 5.74) is 5.57. The Hall–Kier alpha value is -1.91. The lowest BCUT2D eigenvalue weighted by molar-refractivity contribution is -0.134. The number of nitrogens with zero attached hydrogens (tertiary/aromatic N) is 1. The molecule has 1 aliphatic carbocycles. The summed E-state index contributed by atoms with van der Waals surface area (Å²) in [6.45, 7) is 0. The van der Waals surface area contributed by atoms with Gasteiger partial charge in [0.25, 0.3) is 0 Å². The minimum atomic E-state index is -0.606. The molecule has 0 aromatic heterocycles. The maximum Gasteiger partial charge on any atom is 0.234 e. The first-order valence-electron chi connectivity index (χ1n) is 7.42. The second-order valence-electron chi connectivity index (χ2n) is 6.24. The summed E-state index contributed by atoms with van der Waals surface area (Å²) in [6.07, 6.45) is 5.98. The van der Waals surface area contributed by atoms with E-state index in [9.17, 15) is 14.0 Å². The number of amides is 2. The van der Waals surface area contributed by atoms with E-state index in [1.807, 2.05) is 0 Å². The number of nitrogens with two attached hydrogens (primary N) is 1. The summed E-state index contributed by atoms with van der Waals surface area (Å²) in [4.78, 5) is 26.0. The van der Waals surface area contributed by atoms with Crippen LogP contribution in [-0.2, 0) is 9.59 Å². The number of carbonyl (C=O) groups is 2. The van der Waals surface area contributed by atoms with Crippen LogP contribution in [0.15, 0.2) is 18.2 Å². The number of imide groups is 1. The predicted octanol–water partition coefficient (Wildman–Crippen LogP) is 3.01. The first-order chi connectivity index (χ1) is 10.0. The van der Waals surface area contributed by atoms with E-state index in [1.54, 1.807) is 0 Å². The molecule has 2 amide bonds. The second-order valence-corrected chi connectivity index (χ2v) is 6.24. The fourth-order valence-corrected chi connectivity index (χ4v) is 3.60. The van der Waals surface area contributed by atoms with Crippen LogP contribution in [0.2, 0.25) is 0 Å². The molecule has 21 heavy (non-hydrogen) atoms. The molecule has 1 spiro atoms. The Bertz CT molecular complexity index is 574. The molecule has 0 bridgehead atoms. The lowest BCUT2D eigenvalue weighted by Gasteiger charge is -2.42. The first-order valence-corrected chi connectivity index (χ1v) is 7.42. The van der Waals surface area contributed by atoms with E-state index in [1.165, 1.54) is 18.6 Å². The summed E-state index contributed by atoms with van der Waals surface area (Å²) in [5, 5.41) is 0. The molecule has 3 rings (SSSR count). The topological polar surface area (TPSA) is 63.4 Å². The van der Waals surface area contributed by atoms with Gasteiger partial charge in [-0.1, -0.05) is 19.3 Å². The summed E-state index contributed by atoms with van der Waals surface area (Å²) >= 11 is 0. The molecule has 0 atom stereocenters. The SMILES string of the molecule is Nc1ccc(N2C(=O)CC3(CCCCC3)CC2=O)cc1F. The number of hydrogen-bond acceptors (Lipinski definition) is 3. The van der Waals surface area contributed by atoms with Gasteiger partial charge in [0, 0.05) is 18.9 Å². The molecule has 4 nitrogen and oxygen atoms in total. The lowest BCUT2D eigenvalue weighted by Crippen LogP contribution is -2.48. The number of piperidine rings is 1. The zero-order valence-electron chi connectivity index (χ0n) is 11.9. The highest BCUT2D eigenvalue weighted by atomic mass is 19.1. The van der Waals surface area contributed by atoms with Crippen molar-refractivity contribution >= 4 is 23.2 Å². The second kappa shape index (κ2) is 5.13. The third-order valence-corrected chi connectivity index (χ3v) is 4.71. The van der Waals surface area contributed by atoms with Crippen LogP contribution in [0.1, 0.15) is 44.9 Å². The lowest BCUT2D eigenvalue weighted by atomic mass is 9.67. The van der Waals surface area contributed by atoms with Crippen LogP contribution in [0.3, 0.4) is 0 Å². The average molecular weight is 290 g/mol. The Kier molecular flexibility index (Phi) is 3.43. The van der Waals surface area contributed by atoms with E-state index in [0.29, 0.717) is 12.8 Å². The van der Waals surface area contributed by atoms with Crippen molar-refractivity contribution in [2.75, 3.05) is 10.6 Å². The molecule has 1 saturated heterocycles. The molecule has 1 aromatic rings. The van der Waals surface area contributed by atoms with Crippen molar-refractivity contribution in [3.05, 3.63) is 24.0 Å². The van der Waals surface area contributed by atoms with Crippen molar-refractivity contribution in [3.8, 4) is 0 Å². The van der Waals surface area contributed by atoms with E-state index in [-0.39, 0.29) is 28.6 Å². The Morgan fingerprint density at radius 3 is 2.24 bits per heavy atom. The molecule has 2 fully saturated rings. The highest BCUT2D eigenvalue weighted by Crippen LogP contribution is 2.46. The molecule has 112 valence electrons. The number of rotatable bonds is 1. The number of anilines is 2. The standard InChI is InChI=1S/C16H19FN2O2/c17-12-8-11(4-5-13(12)18)19-14(20)9-16(10-15(19)21)6-2-1-3-7-16/h4-5,8H,1-3,6-7,9-10,18H2. The van der Waals surface area contributed by atoms with Crippen LogP contribution < -0.4 is 10.6 Å². The smallest absolute Gasteiger partial charge is 0.234 e. The summed E-state index contributed by atoms with van der Waals surface area (Å²) in [7, 11) is 0. The van der Waals surface area contributed by atoms with Crippen molar-refractivity contribution in [2.24, 2.45) is 5.41 Å². The highest BCUT2D eigenvalue weighted by Gasteiger charge is 2.44. The fourth-order valence-electron chi connectivity index (χ4n) is 3.60. The predicted molar refractivity (Wildman–Crippen MR) is 78.1 cm³/mol. The molecule has 5 heteroatoms. The van der Waals surface area contributed by atoms with Crippen molar-refractivity contribution in [3.63, 3.8) is 0 Å². The summed E-state index contributed by atoms with van der Waals surface area (Å²) < 4.78 is 13.6. The van der Waals surface area contributed by atoms with E-state index in [0.717, 1.165) is 36.6 Å². The Balaban J connectivity index is 1.86. The van der Waals surface area contributed by atoms with E-state index < -0.39 is 5.82 Å². The van der Waals surface area contributed by atoms with Crippen molar-refractivity contribution in [1.29, 1.82) is 0 Å². The molecular formula is C16H19FN2O2. The Morgan fingerprint density at radius 2 is 1.67 bits per heavy atom. The molecule has 1 heterocycles. The van der Waals surface area contributed by atoms with Crippen LogP contribution in [0, 0.1) is 11.2 Å². The van der Waals surface area contributed by atoms with Gasteiger partial charge in [0.1, 0.15) is 5.82 Å². The van der Waals surface area contributed by atoms with Crippen molar-refractivity contribution in [1.82, 2.24) is 0 Å². The van der Waals surface area contributed by atoms with Crippen LogP contribution in [0.25, 0.3) is 0 Å². The number of hydrogen-bond donors (Lipinski definition) is 1. The van der Waals surface area contributed by atoms with Gasteiger partial charge in [0.2, 0.25) is 11.8 Å². The highest BCUT2D eigenvalue weighted by molar-refractivity contribution is 6.17. The minimum absolute atomic E-state index is 0.0133. The molecule has 2 aliphatic rings. The zero-order valence-corrected chi connectivity index (χ0v) is 11.9. The third kappa shape index (κ3) is 2.52. The van der Waals surface area contributed by atoms with Gasteiger partial charge >= 0.3 is 0 Å². The van der Waals surface area contributed by atoms with Gasteiger partial charge in [-0.3, -0.25) is 14.5 Å². The molecular weight excluding hydrogens is 271 g/mol. The monoisotopic (exact) mass is 290 g/mol. The fraction of sp³-hybridized carbons (Fsp3) is 0.500. The quantitative estimate of drug-likeness (QED) is 0.638. The third-order valence-electron chi connectivity index (χ3n) is 4.71. The normalized spacial score (nSPS) is 21.9. The molecule has 1 aliphatic heterocycles. The van der Waals surface area contributed by atoms with Crippen LogP contribution in [0.4, 0.5) is 15.8 Å². The molecule has 2 N–H and O–H groups in total. The Morgan fingerprint density at radius 1 is 1.05 bits per heavy atom. The van der Waals surface area contributed by atoms with Crippen LogP contribution in [0.5, 0.6) is 0 Å². The summed E-state index contributed by atoms with van der Waals surface area (Å²) in [6, 6.07) is 4.06. The largest absolute Gasteiger partial charge is 0.396 e. The van der Waals surface area contributed by atoms with E-state index in [2.05, 4.69) is 0 Å². The van der Waals surface area contributed by atoms with Crippen molar-refractivity contribution < 1.29 is 14.0 Å². The Labute approximate surface area is 123 Å². The maximum absolute atomic E-state index is 13.6. The minimum Gasteiger partial charge on any atom is -0.396 e. The number of benzene rings is 1. The summed E-state index contributed by atoms with van der Waals surface area (Å²) in [5.74, 6) is -1.05. The maximum atomic E-state index is 13.6. The van der Waals surface area contributed by atoms with E-state index >= 15 is 0 Å². The zero-order chi connectivity index (χ0) is 15.0. The number of halogens is 1. The molecule has 0 unspecified atom stereocenters. The van der Waals surface area contributed by atoms with Gasteiger partial charge in [-0.05, 0) is 30.4 Å². The van der Waals surface area contributed by atoms with Crippen LogP contribution in [-0.4, -0.2) is 11.8 Å². The van der Waals surface area contributed by atoms with Gasteiger partial charge in [-0.15, -0.1) is 0 Å². The molecule has 1 saturated carbocycles. The first kappa shape index (κ1) is 14.0. The van der Waals surface area contributed by atoms with Gasteiger partial charge in [0.05, 0.1) is 11.4 Å². The number of nitrogen functional groups attached to an aromatic ring is 1. The van der Waals surface area contributed by atoms with Crippen LogP contribution >= 0.6 is 0 Å². The van der Waals surface area contributed by atoms with Gasteiger partial charge in [0.15, 0.2) is 0 Å². The molecule has 0 radical (unpaired) electrons.